The molecule has 10 aromatic rings. The van der Waals surface area contributed by atoms with Gasteiger partial charge < -0.3 is 13.7 Å². The van der Waals surface area contributed by atoms with Crippen molar-refractivity contribution < 1.29 is 8.83 Å². The van der Waals surface area contributed by atoms with Crippen molar-refractivity contribution >= 4 is 82.5 Å². The first kappa shape index (κ1) is 26.0. The van der Waals surface area contributed by atoms with Crippen LogP contribution in [0.1, 0.15) is 0 Å². The average molecular weight is 602 g/mol. The van der Waals surface area contributed by atoms with E-state index in [0.29, 0.717) is 0 Å². The minimum absolute atomic E-state index is 0.871. The summed E-state index contributed by atoms with van der Waals surface area (Å²) in [5, 5.41) is 9.30. The van der Waals surface area contributed by atoms with E-state index in [4.69, 9.17) is 8.83 Å². The first-order valence-electron chi connectivity index (χ1n) is 15.9. The van der Waals surface area contributed by atoms with Crippen LogP contribution >= 0.6 is 0 Å². The van der Waals surface area contributed by atoms with E-state index in [0.717, 1.165) is 60.9 Å². The Bertz CT molecular complexity index is 2810. The summed E-state index contributed by atoms with van der Waals surface area (Å²) >= 11 is 0. The number of fused-ring (bicyclic) bond motifs is 9. The Morgan fingerprint density at radius 2 is 0.872 bits per heavy atom. The van der Waals surface area contributed by atoms with E-state index in [9.17, 15) is 0 Å². The van der Waals surface area contributed by atoms with Gasteiger partial charge in [0, 0.05) is 44.7 Å². The molecule has 0 aliphatic heterocycles. The lowest BCUT2D eigenvalue weighted by Gasteiger charge is -2.26. The molecule has 0 unspecified atom stereocenters. The third-order valence-corrected chi connectivity index (χ3v) is 9.41. The van der Waals surface area contributed by atoms with E-state index in [2.05, 4.69) is 144 Å². The second-order valence-electron chi connectivity index (χ2n) is 12.2. The SMILES string of the molecule is c1ccc(-c2cccc(N(c3ccc4c(ccc5cc6oc7ccccc7c6cc54)c3)c3ccc4c(c3)oc3ccccc34)c2)cc1. The van der Waals surface area contributed by atoms with Crippen LogP contribution in [0.15, 0.2) is 173 Å². The van der Waals surface area contributed by atoms with E-state index >= 15 is 0 Å². The van der Waals surface area contributed by atoms with Gasteiger partial charge in [0.2, 0.25) is 0 Å². The van der Waals surface area contributed by atoms with Gasteiger partial charge in [-0.1, -0.05) is 97.1 Å². The standard InChI is InChI=1S/C44H27NO2/c1-2-9-28(10-3-1)29-11-8-12-32(23-29)45(34-20-22-38-36-13-4-6-15-41(36)47-44(38)26-34)33-19-21-35-30(24-33)17-18-31-25-43-40(27-39(31)35)37-14-5-7-16-42(37)46-43/h1-27H. The molecule has 0 amide bonds. The molecule has 8 aromatic carbocycles. The lowest BCUT2D eigenvalue weighted by molar-refractivity contribution is 0.669. The van der Waals surface area contributed by atoms with Gasteiger partial charge in [0.05, 0.1) is 0 Å². The molecule has 2 heterocycles. The lowest BCUT2D eigenvalue weighted by atomic mass is 9.98. The number of nitrogens with zero attached hydrogens (tertiary/aromatic N) is 1. The van der Waals surface area contributed by atoms with E-state index in [1.54, 1.807) is 0 Å². The molecule has 3 heteroatoms. The van der Waals surface area contributed by atoms with Crippen molar-refractivity contribution in [3.05, 3.63) is 164 Å². The number of para-hydroxylation sites is 2. The molecule has 0 N–H and O–H groups in total. The van der Waals surface area contributed by atoms with Crippen molar-refractivity contribution in [3.63, 3.8) is 0 Å². The van der Waals surface area contributed by atoms with Gasteiger partial charge in [-0.15, -0.1) is 0 Å². The largest absolute Gasteiger partial charge is 0.456 e. The zero-order chi connectivity index (χ0) is 30.9. The Morgan fingerprint density at radius 1 is 0.298 bits per heavy atom. The molecule has 0 atom stereocenters. The van der Waals surface area contributed by atoms with Gasteiger partial charge in [-0.25, -0.2) is 0 Å². The molecule has 0 spiro atoms. The van der Waals surface area contributed by atoms with Gasteiger partial charge in [-0.3, -0.25) is 0 Å². The summed E-state index contributed by atoms with van der Waals surface area (Å²) in [6, 6.07) is 58.0. The molecule has 3 nitrogen and oxygen atoms in total. The van der Waals surface area contributed by atoms with Crippen LogP contribution in [0.3, 0.4) is 0 Å². The highest BCUT2D eigenvalue weighted by molar-refractivity contribution is 6.17. The van der Waals surface area contributed by atoms with E-state index in [1.807, 2.05) is 24.3 Å². The molecule has 0 aliphatic carbocycles. The molecule has 0 bridgehead atoms. The van der Waals surface area contributed by atoms with Crippen LogP contribution in [-0.2, 0) is 0 Å². The van der Waals surface area contributed by atoms with Crippen molar-refractivity contribution in [2.24, 2.45) is 0 Å². The number of furan rings is 2. The second-order valence-corrected chi connectivity index (χ2v) is 12.2. The number of anilines is 3. The molecule has 2 aromatic heterocycles. The zero-order valence-electron chi connectivity index (χ0n) is 25.4. The molecule has 0 saturated heterocycles. The topological polar surface area (TPSA) is 29.5 Å². The minimum Gasteiger partial charge on any atom is -0.456 e. The van der Waals surface area contributed by atoms with Gasteiger partial charge in [0.25, 0.3) is 0 Å². The lowest BCUT2D eigenvalue weighted by Crippen LogP contribution is -2.10. The van der Waals surface area contributed by atoms with Gasteiger partial charge in [-0.05, 0) is 93.3 Å². The first-order chi connectivity index (χ1) is 23.3. The fraction of sp³-hybridized carbons (Fsp3) is 0. The van der Waals surface area contributed by atoms with E-state index < -0.39 is 0 Å². The Labute approximate surface area is 270 Å². The van der Waals surface area contributed by atoms with E-state index in [-0.39, 0.29) is 0 Å². The maximum Gasteiger partial charge on any atom is 0.137 e. The zero-order valence-corrected chi connectivity index (χ0v) is 25.4. The van der Waals surface area contributed by atoms with Gasteiger partial charge in [0.15, 0.2) is 0 Å². The highest BCUT2D eigenvalue weighted by Crippen LogP contribution is 2.42. The molecule has 0 radical (unpaired) electrons. The average Bonchev–Trinajstić information content (AvgIpc) is 3.68. The molecule has 0 fully saturated rings. The van der Waals surface area contributed by atoms with Crippen molar-refractivity contribution in [1.82, 2.24) is 0 Å². The maximum absolute atomic E-state index is 6.35. The fourth-order valence-corrected chi connectivity index (χ4v) is 7.17. The third kappa shape index (κ3) is 4.14. The summed E-state index contributed by atoms with van der Waals surface area (Å²) in [5.41, 5.74) is 9.14. The summed E-state index contributed by atoms with van der Waals surface area (Å²) in [6.45, 7) is 0. The number of hydrogen-bond donors (Lipinski definition) is 0. The normalized spacial score (nSPS) is 11.8. The van der Waals surface area contributed by atoms with Crippen LogP contribution in [0.5, 0.6) is 0 Å². The van der Waals surface area contributed by atoms with Gasteiger partial charge in [0.1, 0.15) is 22.3 Å². The molecular formula is C44H27NO2. The maximum atomic E-state index is 6.35. The summed E-state index contributed by atoms with van der Waals surface area (Å²) in [6.07, 6.45) is 0. The van der Waals surface area contributed by atoms with Crippen LogP contribution in [0.4, 0.5) is 17.1 Å². The van der Waals surface area contributed by atoms with Crippen molar-refractivity contribution in [1.29, 1.82) is 0 Å². The van der Waals surface area contributed by atoms with Gasteiger partial charge >= 0.3 is 0 Å². The first-order valence-corrected chi connectivity index (χ1v) is 15.9. The Hall–Kier alpha value is -6.32. The molecule has 0 aliphatic rings. The van der Waals surface area contributed by atoms with Crippen LogP contribution in [0.25, 0.3) is 76.5 Å². The van der Waals surface area contributed by atoms with Crippen molar-refractivity contribution in [3.8, 4) is 11.1 Å². The van der Waals surface area contributed by atoms with Crippen molar-refractivity contribution in [2.45, 2.75) is 0 Å². The summed E-state index contributed by atoms with van der Waals surface area (Å²) < 4.78 is 12.5. The third-order valence-electron chi connectivity index (χ3n) is 9.41. The number of rotatable bonds is 4. The summed E-state index contributed by atoms with van der Waals surface area (Å²) in [7, 11) is 0. The quantitative estimate of drug-likeness (QED) is 0.188. The molecule has 0 saturated carbocycles. The highest BCUT2D eigenvalue weighted by Gasteiger charge is 2.18. The minimum atomic E-state index is 0.871. The van der Waals surface area contributed by atoms with Crippen LogP contribution in [-0.4, -0.2) is 0 Å². The predicted octanol–water partition coefficient (Wildman–Crippen LogP) is 12.9. The molecule has 10 rings (SSSR count). The van der Waals surface area contributed by atoms with Crippen LogP contribution in [0.2, 0.25) is 0 Å². The number of benzene rings is 8. The Balaban J connectivity index is 1.18. The van der Waals surface area contributed by atoms with Crippen LogP contribution in [0, 0.1) is 0 Å². The summed E-state index contributed by atoms with van der Waals surface area (Å²) in [4.78, 5) is 2.33. The van der Waals surface area contributed by atoms with Gasteiger partial charge in [-0.2, -0.15) is 0 Å². The van der Waals surface area contributed by atoms with Crippen molar-refractivity contribution in [2.75, 3.05) is 4.90 Å². The van der Waals surface area contributed by atoms with Crippen LogP contribution < -0.4 is 4.90 Å². The predicted molar refractivity (Wildman–Crippen MR) is 196 cm³/mol. The fourth-order valence-electron chi connectivity index (χ4n) is 7.17. The Morgan fingerprint density at radius 3 is 1.66 bits per heavy atom. The Kier molecular flexibility index (Phi) is 5.57. The second kappa shape index (κ2) is 10.1. The van der Waals surface area contributed by atoms with E-state index in [1.165, 1.54) is 32.7 Å². The molecule has 220 valence electrons. The summed E-state index contributed by atoms with van der Waals surface area (Å²) in [5.74, 6) is 0. The smallest absolute Gasteiger partial charge is 0.137 e. The monoisotopic (exact) mass is 601 g/mol. The molecule has 47 heavy (non-hydrogen) atoms. The molecular weight excluding hydrogens is 574 g/mol. The number of hydrogen-bond acceptors (Lipinski definition) is 3. The highest BCUT2D eigenvalue weighted by atomic mass is 16.3.